The maximum atomic E-state index is 13.5. The molecule has 0 aliphatic rings. The van der Waals surface area contributed by atoms with Crippen LogP contribution in [0, 0.1) is 12.7 Å². The molecule has 2 amide bonds. The van der Waals surface area contributed by atoms with E-state index in [-0.39, 0.29) is 24.6 Å². The van der Waals surface area contributed by atoms with Crippen molar-refractivity contribution in [3.8, 4) is 5.75 Å². The van der Waals surface area contributed by atoms with E-state index in [2.05, 4.69) is 10.6 Å². The maximum absolute atomic E-state index is 13.5. The van der Waals surface area contributed by atoms with Gasteiger partial charge in [-0.05, 0) is 37.6 Å². The molecule has 0 aliphatic carbocycles. The molecule has 0 spiro atoms. The molecule has 0 atom stereocenters. The van der Waals surface area contributed by atoms with E-state index in [9.17, 15) is 14.0 Å². The van der Waals surface area contributed by atoms with Crippen LogP contribution in [0.25, 0.3) is 0 Å². The summed E-state index contributed by atoms with van der Waals surface area (Å²) in [5.41, 5.74) is 1.16. The largest absolute Gasteiger partial charge is 0.494 e. The zero-order valence-corrected chi connectivity index (χ0v) is 14.8. The van der Waals surface area contributed by atoms with Crippen LogP contribution in [0.1, 0.15) is 28.8 Å². The Kier molecular flexibility index (Phi) is 7.61. The molecule has 0 heterocycles. The van der Waals surface area contributed by atoms with E-state index < -0.39 is 11.7 Å². The smallest absolute Gasteiger partial charge is 0.254 e. The highest BCUT2D eigenvalue weighted by molar-refractivity contribution is 5.94. The predicted molar refractivity (Wildman–Crippen MR) is 97.7 cm³/mol. The van der Waals surface area contributed by atoms with Gasteiger partial charge in [-0.3, -0.25) is 9.59 Å². The fourth-order valence-electron chi connectivity index (χ4n) is 2.26. The molecule has 0 fully saturated rings. The summed E-state index contributed by atoms with van der Waals surface area (Å²) in [5, 5.41) is 5.28. The topological polar surface area (TPSA) is 67.4 Å². The Morgan fingerprint density at radius 3 is 2.42 bits per heavy atom. The lowest BCUT2D eigenvalue weighted by Gasteiger charge is -2.08. The molecule has 5 nitrogen and oxygen atoms in total. The lowest BCUT2D eigenvalue weighted by atomic mass is 10.2. The van der Waals surface area contributed by atoms with Crippen molar-refractivity contribution in [3.05, 3.63) is 65.5 Å². The van der Waals surface area contributed by atoms with Crippen LogP contribution in [-0.2, 0) is 4.79 Å². The van der Waals surface area contributed by atoms with Gasteiger partial charge in [-0.1, -0.05) is 29.8 Å². The van der Waals surface area contributed by atoms with Crippen LogP contribution in [-0.4, -0.2) is 31.5 Å². The number of amides is 2. The number of halogens is 1. The van der Waals surface area contributed by atoms with Gasteiger partial charge >= 0.3 is 0 Å². The Morgan fingerprint density at radius 1 is 1.00 bits per heavy atom. The van der Waals surface area contributed by atoms with Crippen molar-refractivity contribution in [2.75, 3.05) is 19.7 Å². The van der Waals surface area contributed by atoms with Crippen LogP contribution in [0.3, 0.4) is 0 Å². The summed E-state index contributed by atoms with van der Waals surface area (Å²) in [4.78, 5) is 23.5. The van der Waals surface area contributed by atoms with E-state index in [0.29, 0.717) is 19.4 Å². The molecular weight excluding hydrogens is 335 g/mol. The molecule has 2 rings (SSSR count). The highest BCUT2D eigenvalue weighted by Crippen LogP contribution is 2.11. The van der Waals surface area contributed by atoms with E-state index in [1.165, 1.54) is 23.8 Å². The van der Waals surface area contributed by atoms with Gasteiger partial charge in [-0.25, -0.2) is 4.39 Å². The molecular formula is C20H23FN2O3. The number of hydrogen-bond donors (Lipinski definition) is 2. The summed E-state index contributed by atoms with van der Waals surface area (Å²) >= 11 is 0. The van der Waals surface area contributed by atoms with E-state index in [1.807, 2.05) is 31.2 Å². The van der Waals surface area contributed by atoms with Crippen LogP contribution >= 0.6 is 0 Å². The van der Waals surface area contributed by atoms with E-state index >= 15 is 0 Å². The average molecular weight is 358 g/mol. The molecule has 0 radical (unpaired) electrons. The number of hydrogen-bond acceptors (Lipinski definition) is 3. The number of rotatable bonds is 9. The summed E-state index contributed by atoms with van der Waals surface area (Å²) in [5.74, 6) is -0.393. The standard InChI is InChI=1S/C20H23FN2O3/c1-15-8-10-16(11-9-15)26-14-4-7-19(24)22-12-13-23-20(25)17-5-2-3-6-18(17)21/h2-3,5-6,8-11H,4,7,12-14H2,1H3,(H,22,24)(H,23,25). The van der Waals surface area contributed by atoms with Crippen molar-refractivity contribution in [2.24, 2.45) is 0 Å². The molecule has 0 saturated heterocycles. The van der Waals surface area contributed by atoms with Gasteiger partial charge < -0.3 is 15.4 Å². The Hall–Kier alpha value is -2.89. The van der Waals surface area contributed by atoms with E-state index in [1.54, 1.807) is 6.07 Å². The van der Waals surface area contributed by atoms with Crippen molar-refractivity contribution in [3.63, 3.8) is 0 Å². The third-order valence-corrected chi connectivity index (χ3v) is 3.69. The molecule has 2 aromatic rings. The molecule has 138 valence electrons. The van der Waals surface area contributed by atoms with Gasteiger partial charge in [0, 0.05) is 19.5 Å². The molecule has 0 bridgehead atoms. The molecule has 6 heteroatoms. The molecule has 2 aromatic carbocycles. The average Bonchev–Trinajstić information content (AvgIpc) is 2.64. The summed E-state index contributed by atoms with van der Waals surface area (Å²) in [7, 11) is 0. The highest BCUT2D eigenvalue weighted by Gasteiger charge is 2.09. The number of carbonyl (C=O) groups excluding carboxylic acids is 2. The quantitative estimate of drug-likeness (QED) is 0.678. The van der Waals surface area contributed by atoms with Crippen LogP contribution in [0.4, 0.5) is 4.39 Å². The molecule has 0 aromatic heterocycles. The van der Waals surface area contributed by atoms with Gasteiger partial charge in [0.15, 0.2) is 0 Å². The Labute approximate surface area is 152 Å². The van der Waals surface area contributed by atoms with Crippen molar-refractivity contribution in [2.45, 2.75) is 19.8 Å². The first-order valence-electron chi connectivity index (χ1n) is 8.55. The lowest BCUT2D eigenvalue weighted by molar-refractivity contribution is -0.121. The van der Waals surface area contributed by atoms with Crippen LogP contribution < -0.4 is 15.4 Å². The van der Waals surface area contributed by atoms with Crippen molar-refractivity contribution >= 4 is 11.8 Å². The van der Waals surface area contributed by atoms with Gasteiger partial charge in [-0.2, -0.15) is 0 Å². The molecule has 26 heavy (non-hydrogen) atoms. The van der Waals surface area contributed by atoms with E-state index in [0.717, 1.165) is 5.75 Å². The number of ether oxygens (including phenoxy) is 1. The minimum Gasteiger partial charge on any atom is -0.494 e. The van der Waals surface area contributed by atoms with Crippen LogP contribution in [0.5, 0.6) is 5.75 Å². The molecule has 0 saturated carbocycles. The zero-order valence-electron chi connectivity index (χ0n) is 14.8. The summed E-state index contributed by atoms with van der Waals surface area (Å²) in [6.45, 7) is 2.99. The van der Waals surface area contributed by atoms with Crippen LogP contribution in [0.2, 0.25) is 0 Å². The molecule has 0 aliphatic heterocycles. The Morgan fingerprint density at radius 2 is 1.69 bits per heavy atom. The highest BCUT2D eigenvalue weighted by atomic mass is 19.1. The van der Waals surface area contributed by atoms with Crippen molar-refractivity contribution < 1.29 is 18.7 Å². The molecule has 0 unspecified atom stereocenters. The van der Waals surface area contributed by atoms with Gasteiger partial charge in [-0.15, -0.1) is 0 Å². The second kappa shape index (κ2) is 10.2. The predicted octanol–water partition coefficient (Wildman–Crippen LogP) is 2.84. The van der Waals surface area contributed by atoms with Gasteiger partial charge in [0.25, 0.3) is 5.91 Å². The summed E-state index contributed by atoms with van der Waals surface area (Å²) in [6.07, 6.45) is 0.939. The maximum Gasteiger partial charge on any atom is 0.254 e. The summed E-state index contributed by atoms with van der Waals surface area (Å²) < 4.78 is 19.0. The van der Waals surface area contributed by atoms with Crippen molar-refractivity contribution in [1.82, 2.24) is 10.6 Å². The minimum absolute atomic E-state index is 0.00733. The third-order valence-electron chi connectivity index (χ3n) is 3.69. The zero-order chi connectivity index (χ0) is 18.8. The number of benzene rings is 2. The first-order valence-corrected chi connectivity index (χ1v) is 8.55. The summed E-state index contributed by atoms with van der Waals surface area (Å²) in [6, 6.07) is 13.5. The number of aryl methyl sites for hydroxylation is 1. The third kappa shape index (κ3) is 6.55. The van der Waals surface area contributed by atoms with E-state index in [4.69, 9.17) is 4.74 Å². The Balaban J connectivity index is 1.55. The number of nitrogens with one attached hydrogen (secondary N) is 2. The lowest BCUT2D eigenvalue weighted by Crippen LogP contribution is -2.35. The first-order chi connectivity index (χ1) is 12.6. The van der Waals surface area contributed by atoms with Crippen molar-refractivity contribution in [1.29, 1.82) is 0 Å². The van der Waals surface area contributed by atoms with Crippen LogP contribution in [0.15, 0.2) is 48.5 Å². The van der Waals surface area contributed by atoms with Gasteiger partial charge in [0.2, 0.25) is 5.91 Å². The first kappa shape index (κ1) is 19.4. The number of carbonyl (C=O) groups is 2. The fraction of sp³-hybridized carbons (Fsp3) is 0.300. The minimum atomic E-state index is -0.567. The fourth-order valence-corrected chi connectivity index (χ4v) is 2.26. The second-order valence-corrected chi connectivity index (χ2v) is 5.85. The Bertz CT molecular complexity index is 732. The molecule has 2 N–H and O–H groups in total. The SMILES string of the molecule is Cc1ccc(OCCCC(=O)NCCNC(=O)c2ccccc2F)cc1. The monoisotopic (exact) mass is 358 g/mol. The van der Waals surface area contributed by atoms with Gasteiger partial charge in [0.05, 0.1) is 12.2 Å². The normalized spacial score (nSPS) is 10.2. The second-order valence-electron chi connectivity index (χ2n) is 5.85. The van der Waals surface area contributed by atoms with Gasteiger partial charge in [0.1, 0.15) is 11.6 Å².